The summed E-state index contributed by atoms with van der Waals surface area (Å²) in [5.41, 5.74) is -1.26. The molecule has 0 aliphatic heterocycles. The van der Waals surface area contributed by atoms with Crippen LogP contribution in [-0.4, -0.2) is 27.9 Å². The predicted molar refractivity (Wildman–Crippen MR) is 65.7 cm³/mol. The topological polar surface area (TPSA) is 75.3 Å². The number of hydrogen-bond acceptors (Lipinski definition) is 3. The summed E-state index contributed by atoms with van der Waals surface area (Å²) in [4.78, 5) is 10.3. The fraction of sp³-hybridized carbons (Fsp3) is 0.300. The first-order valence-electron chi connectivity index (χ1n) is 5.15. The summed E-state index contributed by atoms with van der Waals surface area (Å²) >= 11 is 5.38. The third-order valence-corrected chi connectivity index (χ3v) is 3.98. The molecule has 0 aliphatic carbocycles. The number of likely N-dealkylation sites (N-methyl/N-ethyl adjacent to an activating group) is 1. The Balaban J connectivity index is 3.11. The summed E-state index contributed by atoms with van der Waals surface area (Å²) in [7, 11) is -2.94. The third-order valence-electron chi connectivity index (χ3n) is 2.26. The summed E-state index contributed by atoms with van der Waals surface area (Å²) in [6.45, 7) is -0.581. The molecule has 1 rings (SSSR count). The maximum absolute atomic E-state index is 12.6. The van der Waals surface area contributed by atoms with Gasteiger partial charge in [0.15, 0.2) is 0 Å². The van der Waals surface area contributed by atoms with E-state index in [0.717, 1.165) is 12.1 Å². The smallest absolute Gasteiger partial charge is 0.358 e. The maximum Gasteiger partial charge on any atom is 0.417 e. The Kier molecular flexibility index (Phi) is 5.00. The van der Waals surface area contributed by atoms with E-state index >= 15 is 0 Å². The van der Waals surface area contributed by atoms with Gasteiger partial charge in [0.2, 0.25) is 15.9 Å². The minimum absolute atomic E-state index is 0.411. The van der Waals surface area contributed by atoms with Crippen molar-refractivity contribution in [3.63, 3.8) is 0 Å². The fourth-order valence-electron chi connectivity index (χ4n) is 1.22. The van der Waals surface area contributed by atoms with E-state index in [-0.39, 0.29) is 0 Å². The van der Waals surface area contributed by atoms with E-state index in [9.17, 15) is 26.4 Å². The van der Waals surface area contributed by atoms with E-state index in [0.29, 0.717) is 6.07 Å². The molecule has 0 fully saturated rings. The molecule has 0 spiro atoms. The van der Waals surface area contributed by atoms with Crippen LogP contribution in [-0.2, 0) is 21.0 Å². The molecule has 0 atom stereocenters. The lowest BCUT2D eigenvalue weighted by Crippen LogP contribution is -2.35. The second-order valence-electron chi connectivity index (χ2n) is 3.64. The number of carbonyl (C=O) groups excluding carboxylic acids is 1. The van der Waals surface area contributed by atoms with Crippen LogP contribution in [0.1, 0.15) is 5.56 Å². The molecule has 0 heterocycles. The number of rotatable bonds is 4. The third kappa shape index (κ3) is 4.09. The molecular formula is C10H10ClF3N2O3S. The Morgan fingerprint density at radius 3 is 2.45 bits per heavy atom. The molecule has 0 radical (unpaired) electrons. The first-order valence-corrected chi connectivity index (χ1v) is 7.01. The first-order chi connectivity index (χ1) is 9.08. The number of hydrogen-bond donors (Lipinski definition) is 2. The van der Waals surface area contributed by atoms with Gasteiger partial charge in [0.25, 0.3) is 0 Å². The molecule has 0 unspecified atom stereocenters. The molecule has 0 saturated heterocycles. The normalized spacial score (nSPS) is 12.2. The van der Waals surface area contributed by atoms with Crippen LogP contribution in [0, 0.1) is 0 Å². The zero-order valence-electron chi connectivity index (χ0n) is 10.1. The van der Waals surface area contributed by atoms with Crippen molar-refractivity contribution in [1.29, 1.82) is 0 Å². The highest BCUT2D eigenvalue weighted by Crippen LogP contribution is 2.35. The Labute approximate surface area is 118 Å². The van der Waals surface area contributed by atoms with Gasteiger partial charge in [0, 0.05) is 7.05 Å². The highest BCUT2D eigenvalue weighted by Gasteiger charge is 2.34. The Bertz CT molecular complexity index is 617. The van der Waals surface area contributed by atoms with Crippen LogP contribution in [0.3, 0.4) is 0 Å². The zero-order valence-corrected chi connectivity index (χ0v) is 11.7. The number of alkyl halides is 3. The van der Waals surface area contributed by atoms with Crippen LogP contribution >= 0.6 is 11.6 Å². The molecule has 10 heteroatoms. The highest BCUT2D eigenvalue weighted by molar-refractivity contribution is 7.89. The summed E-state index contributed by atoms with van der Waals surface area (Å²) in [5.74, 6) is -0.626. The quantitative estimate of drug-likeness (QED) is 0.876. The van der Waals surface area contributed by atoms with Crippen LogP contribution in [0.25, 0.3) is 0 Å². The van der Waals surface area contributed by atoms with Crippen LogP contribution in [0.15, 0.2) is 23.1 Å². The molecule has 0 aliphatic rings. The largest absolute Gasteiger partial charge is 0.417 e. The first kappa shape index (κ1) is 16.7. The summed E-state index contributed by atoms with van der Waals surface area (Å²) in [6, 6.07) is 2.16. The second kappa shape index (κ2) is 5.98. The molecule has 1 aromatic carbocycles. The molecule has 5 nitrogen and oxygen atoms in total. The Morgan fingerprint density at radius 2 is 1.95 bits per heavy atom. The highest BCUT2D eigenvalue weighted by atomic mass is 35.5. The van der Waals surface area contributed by atoms with Gasteiger partial charge in [-0.25, -0.2) is 13.1 Å². The van der Waals surface area contributed by atoms with Crippen molar-refractivity contribution >= 4 is 27.5 Å². The fourth-order valence-corrected chi connectivity index (χ4v) is 2.45. The molecule has 112 valence electrons. The van der Waals surface area contributed by atoms with E-state index in [2.05, 4.69) is 5.32 Å². The monoisotopic (exact) mass is 330 g/mol. The Hall–Kier alpha value is -1.32. The van der Waals surface area contributed by atoms with Gasteiger partial charge in [0.05, 0.1) is 22.0 Å². The van der Waals surface area contributed by atoms with Gasteiger partial charge in [-0.05, 0) is 18.2 Å². The van der Waals surface area contributed by atoms with Crippen molar-refractivity contribution in [1.82, 2.24) is 10.0 Å². The lowest BCUT2D eigenvalue weighted by Gasteiger charge is -2.11. The van der Waals surface area contributed by atoms with Crippen LogP contribution in [0.5, 0.6) is 0 Å². The maximum atomic E-state index is 12.6. The van der Waals surface area contributed by atoms with Crippen LogP contribution in [0.4, 0.5) is 13.2 Å². The van der Waals surface area contributed by atoms with Gasteiger partial charge in [-0.1, -0.05) is 11.6 Å². The molecular weight excluding hydrogens is 321 g/mol. The van der Waals surface area contributed by atoms with E-state index in [1.807, 2.05) is 4.72 Å². The number of halogens is 4. The molecule has 2 N–H and O–H groups in total. The lowest BCUT2D eigenvalue weighted by molar-refractivity contribution is -0.137. The van der Waals surface area contributed by atoms with Crippen molar-refractivity contribution < 1.29 is 26.4 Å². The van der Waals surface area contributed by atoms with Crippen molar-refractivity contribution in [2.75, 3.05) is 13.6 Å². The van der Waals surface area contributed by atoms with Crippen molar-refractivity contribution in [2.45, 2.75) is 11.1 Å². The summed E-state index contributed by atoms with van der Waals surface area (Å²) < 4.78 is 63.2. The Morgan fingerprint density at radius 1 is 1.35 bits per heavy atom. The average molecular weight is 331 g/mol. The second-order valence-corrected chi connectivity index (χ2v) is 5.81. The number of carbonyl (C=O) groups is 1. The van der Waals surface area contributed by atoms with Crippen LogP contribution in [0.2, 0.25) is 5.02 Å². The average Bonchev–Trinajstić information content (AvgIpc) is 2.34. The minimum atomic E-state index is -4.77. The van der Waals surface area contributed by atoms with Crippen molar-refractivity contribution in [3.05, 3.63) is 28.8 Å². The minimum Gasteiger partial charge on any atom is -0.358 e. The molecule has 0 aromatic heterocycles. The molecule has 1 aromatic rings. The van der Waals surface area contributed by atoms with Crippen molar-refractivity contribution in [3.8, 4) is 0 Å². The van der Waals surface area contributed by atoms with E-state index in [4.69, 9.17) is 11.6 Å². The van der Waals surface area contributed by atoms with E-state index in [1.54, 1.807) is 0 Å². The predicted octanol–water partition coefficient (Wildman–Crippen LogP) is 1.38. The van der Waals surface area contributed by atoms with Gasteiger partial charge in [-0.2, -0.15) is 13.2 Å². The zero-order chi connectivity index (χ0) is 15.6. The molecule has 0 bridgehead atoms. The number of sulfonamides is 1. The van der Waals surface area contributed by atoms with Gasteiger partial charge < -0.3 is 5.32 Å². The van der Waals surface area contributed by atoms with E-state index < -0.39 is 44.1 Å². The van der Waals surface area contributed by atoms with E-state index in [1.165, 1.54) is 7.05 Å². The van der Waals surface area contributed by atoms with Gasteiger partial charge in [-0.15, -0.1) is 0 Å². The molecule has 20 heavy (non-hydrogen) atoms. The standard InChI is InChI=1S/C10H10ClF3N2O3S/c1-15-9(17)5-16-20(18,19)6-2-3-8(11)7(4-6)10(12,13)14/h2-4,16H,5H2,1H3,(H,15,17). The van der Waals surface area contributed by atoms with Gasteiger partial charge in [0.1, 0.15) is 0 Å². The number of nitrogens with one attached hydrogen (secondary N) is 2. The summed E-state index contributed by atoms with van der Waals surface area (Å²) in [6.07, 6.45) is -4.77. The van der Waals surface area contributed by atoms with Crippen LogP contribution < -0.4 is 10.0 Å². The SMILES string of the molecule is CNC(=O)CNS(=O)(=O)c1ccc(Cl)c(C(F)(F)F)c1. The van der Waals surface area contributed by atoms with Gasteiger partial charge in [-0.3, -0.25) is 4.79 Å². The lowest BCUT2D eigenvalue weighted by atomic mass is 10.2. The van der Waals surface area contributed by atoms with Crippen molar-refractivity contribution in [2.24, 2.45) is 0 Å². The summed E-state index contributed by atoms with van der Waals surface area (Å²) in [5, 5.41) is 1.56. The molecule has 0 saturated carbocycles. The van der Waals surface area contributed by atoms with Gasteiger partial charge >= 0.3 is 6.18 Å². The number of amides is 1. The number of benzene rings is 1. The molecule has 1 amide bonds.